The normalized spacial score (nSPS) is 37.6. The van der Waals surface area contributed by atoms with Crippen molar-refractivity contribution in [1.82, 2.24) is 4.90 Å². The van der Waals surface area contributed by atoms with Crippen LogP contribution in [0, 0.1) is 16.7 Å². The summed E-state index contributed by atoms with van der Waals surface area (Å²) in [4.78, 5) is 13.0. The van der Waals surface area contributed by atoms with Crippen molar-refractivity contribution in [2.24, 2.45) is 16.7 Å². The van der Waals surface area contributed by atoms with E-state index in [1.165, 1.54) is 0 Å². The lowest BCUT2D eigenvalue weighted by atomic mass is 9.70. The number of likely N-dealkylation sites (tertiary alicyclic amines) is 1. The summed E-state index contributed by atoms with van der Waals surface area (Å²) in [5, 5.41) is 9.12. The van der Waals surface area contributed by atoms with E-state index in [-0.39, 0.29) is 24.4 Å². The van der Waals surface area contributed by atoms with Gasteiger partial charge in [0.05, 0.1) is 0 Å². The molecule has 1 saturated heterocycles. The van der Waals surface area contributed by atoms with Gasteiger partial charge in [0, 0.05) is 12.6 Å². The molecule has 1 heterocycles. The SMILES string of the molecule is CC1CC(C)(C)CCC1N1CCC(C(=O)O)(C(F)(F)F)C1. The molecule has 3 unspecified atom stereocenters. The van der Waals surface area contributed by atoms with Crippen molar-refractivity contribution < 1.29 is 23.1 Å². The topological polar surface area (TPSA) is 40.5 Å². The number of hydrogen-bond acceptors (Lipinski definition) is 2. The summed E-state index contributed by atoms with van der Waals surface area (Å²) in [5.74, 6) is -1.44. The number of nitrogens with zero attached hydrogens (tertiary/aromatic N) is 1. The summed E-state index contributed by atoms with van der Waals surface area (Å²) in [6.07, 6.45) is -2.23. The Labute approximate surface area is 123 Å². The average molecular weight is 307 g/mol. The first-order valence-corrected chi connectivity index (χ1v) is 7.53. The Hall–Kier alpha value is -0.780. The fourth-order valence-electron chi connectivity index (χ4n) is 4.12. The summed E-state index contributed by atoms with van der Waals surface area (Å²) >= 11 is 0. The van der Waals surface area contributed by atoms with Crippen molar-refractivity contribution in [3.8, 4) is 0 Å². The molecule has 0 aromatic heterocycles. The van der Waals surface area contributed by atoms with Gasteiger partial charge in [0.15, 0.2) is 5.41 Å². The highest BCUT2D eigenvalue weighted by atomic mass is 19.4. The Morgan fingerprint density at radius 2 is 1.90 bits per heavy atom. The van der Waals surface area contributed by atoms with Gasteiger partial charge < -0.3 is 5.11 Å². The lowest BCUT2D eigenvalue weighted by Gasteiger charge is -2.43. The summed E-state index contributed by atoms with van der Waals surface area (Å²) in [7, 11) is 0. The van der Waals surface area contributed by atoms with Crippen LogP contribution in [-0.4, -0.2) is 41.3 Å². The van der Waals surface area contributed by atoms with Crippen molar-refractivity contribution in [2.75, 3.05) is 13.1 Å². The molecule has 0 aromatic rings. The van der Waals surface area contributed by atoms with Gasteiger partial charge in [-0.15, -0.1) is 0 Å². The van der Waals surface area contributed by atoms with E-state index >= 15 is 0 Å². The van der Waals surface area contributed by atoms with Crippen LogP contribution in [0.3, 0.4) is 0 Å². The molecular formula is C15H24F3NO2. The van der Waals surface area contributed by atoms with Crippen molar-refractivity contribution in [2.45, 2.75) is 58.7 Å². The Balaban J connectivity index is 2.13. The van der Waals surface area contributed by atoms with Gasteiger partial charge in [-0.3, -0.25) is 9.69 Å². The second-order valence-electron chi connectivity index (χ2n) is 7.56. The van der Waals surface area contributed by atoms with Crippen LogP contribution < -0.4 is 0 Å². The zero-order valence-corrected chi connectivity index (χ0v) is 12.8. The van der Waals surface area contributed by atoms with Crippen LogP contribution >= 0.6 is 0 Å². The number of rotatable bonds is 2. The molecule has 3 atom stereocenters. The summed E-state index contributed by atoms with van der Waals surface area (Å²) in [6.45, 7) is 6.25. The van der Waals surface area contributed by atoms with Crippen LogP contribution in [0.5, 0.6) is 0 Å². The van der Waals surface area contributed by atoms with Crippen molar-refractivity contribution in [3.63, 3.8) is 0 Å². The maximum absolute atomic E-state index is 13.2. The average Bonchev–Trinajstić information content (AvgIpc) is 2.72. The molecule has 21 heavy (non-hydrogen) atoms. The third-order valence-corrected chi connectivity index (χ3v) is 5.37. The smallest absolute Gasteiger partial charge is 0.406 e. The maximum atomic E-state index is 13.2. The van der Waals surface area contributed by atoms with E-state index in [2.05, 4.69) is 20.8 Å². The van der Waals surface area contributed by atoms with Crippen molar-refractivity contribution in [3.05, 3.63) is 0 Å². The largest absolute Gasteiger partial charge is 0.481 e. The minimum atomic E-state index is -4.69. The number of carboxylic acids is 1. The minimum absolute atomic E-state index is 0.0709. The molecule has 0 spiro atoms. The third-order valence-electron chi connectivity index (χ3n) is 5.37. The van der Waals surface area contributed by atoms with Crippen LogP contribution in [0.15, 0.2) is 0 Å². The van der Waals surface area contributed by atoms with Gasteiger partial charge in [-0.05, 0) is 43.6 Å². The summed E-state index contributed by atoms with van der Waals surface area (Å²) in [5.41, 5.74) is -2.36. The molecule has 0 aromatic carbocycles. The highest BCUT2D eigenvalue weighted by Gasteiger charge is 2.64. The number of carboxylic acid groups (broad SMARTS) is 1. The van der Waals surface area contributed by atoms with Gasteiger partial charge in [-0.25, -0.2) is 0 Å². The van der Waals surface area contributed by atoms with Crippen LogP contribution in [0.25, 0.3) is 0 Å². The van der Waals surface area contributed by atoms with E-state index in [0.717, 1.165) is 19.3 Å². The molecule has 122 valence electrons. The van der Waals surface area contributed by atoms with Gasteiger partial charge in [-0.1, -0.05) is 20.8 Å². The summed E-state index contributed by atoms with van der Waals surface area (Å²) in [6, 6.07) is 0.0709. The number of alkyl halides is 3. The van der Waals surface area contributed by atoms with E-state index in [4.69, 9.17) is 5.11 Å². The monoisotopic (exact) mass is 307 g/mol. The molecule has 6 heteroatoms. The minimum Gasteiger partial charge on any atom is -0.481 e. The lowest BCUT2D eigenvalue weighted by Crippen LogP contribution is -2.50. The fraction of sp³-hybridized carbons (Fsp3) is 0.933. The van der Waals surface area contributed by atoms with Crippen LogP contribution in [0.1, 0.15) is 46.5 Å². The first-order valence-electron chi connectivity index (χ1n) is 7.53. The maximum Gasteiger partial charge on any atom is 0.406 e. The van der Waals surface area contributed by atoms with Gasteiger partial charge in [0.1, 0.15) is 0 Å². The molecule has 2 rings (SSSR count). The van der Waals surface area contributed by atoms with Gasteiger partial charge >= 0.3 is 12.1 Å². The number of halogens is 3. The van der Waals surface area contributed by atoms with E-state index in [0.29, 0.717) is 5.92 Å². The quantitative estimate of drug-likeness (QED) is 0.848. The Bertz CT molecular complexity index is 422. The highest BCUT2D eigenvalue weighted by Crippen LogP contribution is 2.48. The zero-order valence-electron chi connectivity index (χ0n) is 12.8. The van der Waals surface area contributed by atoms with Crippen molar-refractivity contribution >= 4 is 5.97 Å². The van der Waals surface area contributed by atoms with Gasteiger partial charge in [0.2, 0.25) is 0 Å². The second-order valence-corrected chi connectivity index (χ2v) is 7.56. The number of carbonyl (C=O) groups is 1. The molecule has 1 N–H and O–H groups in total. The van der Waals surface area contributed by atoms with E-state index in [1.807, 2.05) is 0 Å². The Kier molecular flexibility index (Phi) is 4.06. The number of aliphatic carboxylic acids is 1. The predicted molar refractivity (Wildman–Crippen MR) is 72.9 cm³/mol. The molecule has 2 fully saturated rings. The zero-order chi connectivity index (χ0) is 16.1. The van der Waals surface area contributed by atoms with E-state index < -0.39 is 24.1 Å². The first kappa shape index (κ1) is 16.6. The van der Waals surface area contributed by atoms with Crippen molar-refractivity contribution in [1.29, 1.82) is 0 Å². The lowest BCUT2D eigenvalue weighted by molar-refractivity contribution is -0.228. The molecule has 1 saturated carbocycles. The van der Waals surface area contributed by atoms with Crippen LogP contribution in [0.2, 0.25) is 0 Å². The molecule has 0 radical (unpaired) electrons. The summed E-state index contributed by atoms with van der Waals surface area (Å²) < 4.78 is 39.7. The van der Waals surface area contributed by atoms with Crippen LogP contribution in [-0.2, 0) is 4.79 Å². The van der Waals surface area contributed by atoms with Gasteiger partial charge in [0.25, 0.3) is 0 Å². The molecule has 1 aliphatic heterocycles. The molecule has 0 amide bonds. The Morgan fingerprint density at radius 1 is 1.29 bits per heavy atom. The molecular weight excluding hydrogens is 283 g/mol. The van der Waals surface area contributed by atoms with E-state index in [1.54, 1.807) is 4.90 Å². The second kappa shape index (κ2) is 5.14. The molecule has 3 nitrogen and oxygen atoms in total. The van der Waals surface area contributed by atoms with Crippen LogP contribution in [0.4, 0.5) is 13.2 Å². The molecule has 1 aliphatic carbocycles. The van der Waals surface area contributed by atoms with Gasteiger partial charge in [-0.2, -0.15) is 13.2 Å². The predicted octanol–water partition coefficient (Wildman–Crippen LogP) is 3.54. The first-order chi connectivity index (χ1) is 9.48. The Morgan fingerprint density at radius 3 is 2.33 bits per heavy atom. The third kappa shape index (κ3) is 2.91. The number of hydrogen-bond donors (Lipinski definition) is 1. The highest BCUT2D eigenvalue weighted by molar-refractivity contribution is 5.76. The fourth-order valence-corrected chi connectivity index (χ4v) is 4.12. The van der Waals surface area contributed by atoms with E-state index in [9.17, 15) is 18.0 Å². The molecule has 0 bridgehead atoms. The standard InChI is InChI=1S/C15H24F3NO2/c1-10-8-13(2,3)5-4-11(10)19-7-6-14(9-19,12(20)21)15(16,17)18/h10-11H,4-9H2,1-3H3,(H,20,21). The molecule has 2 aliphatic rings.